The quantitative estimate of drug-likeness (QED) is 0.752. The van der Waals surface area contributed by atoms with Gasteiger partial charge in [0.15, 0.2) is 0 Å². The number of carboxylic acid groups (broad SMARTS) is 1. The Kier molecular flexibility index (Phi) is 3.98. The molecule has 0 aliphatic rings. The van der Waals surface area contributed by atoms with Crippen LogP contribution in [0.5, 0.6) is 0 Å². The van der Waals surface area contributed by atoms with Crippen LogP contribution in [0.25, 0.3) is 10.9 Å². The van der Waals surface area contributed by atoms with Crippen LogP contribution in [-0.4, -0.2) is 22.1 Å². The Morgan fingerprint density at radius 2 is 2.12 bits per heavy atom. The molecule has 0 fully saturated rings. The van der Waals surface area contributed by atoms with Crippen LogP contribution in [0.3, 0.4) is 0 Å². The summed E-state index contributed by atoms with van der Waals surface area (Å²) in [6.07, 6.45) is 2.16. The third-order valence-corrected chi connectivity index (χ3v) is 2.43. The van der Waals surface area contributed by atoms with E-state index >= 15 is 0 Å². The fourth-order valence-electron chi connectivity index (χ4n) is 1.62. The monoisotopic (exact) mass is 238 g/mol. The first-order valence-electron chi connectivity index (χ1n) is 4.72. The van der Waals surface area contributed by atoms with E-state index < -0.39 is 12.0 Å². The zero-order chi connectivity index (χ0) is 10.8. The highest BCUT2D eigenvalue weighted by atomic mass is 32.1. The molecule has 0 radical (unpaired) electrons. The number of carboxylic acids is 1. The molecule has 1 heterocycles. The van der Waals surface area contributed by atoms with Gasteiger partial charge >= 0.3 is 5.97 Å². The average molecular weight is 238 g/mol. The van der Waals surface area contributed by atoms with E-state index in [2.05, 4.69) is 4.98 Å². The van der Waals surface area contributed by atoms with Crippen LogP contribution in [0.4, 0.5) is 0 Å². The van der Waals surface area contributed by atoms with Gasteiger partial charge in [-0.1, -0.05) is 18.2 Å². The lowest BCUT2D eigenvalue weighted by Crippen LogP contribution is -2.32. The second-order valence-corrected chi connectivity index (χ2v) is 3.51. The number of aromatic nitrogens is 1. The molecular weight excluding hydrogens is 224 g/mol. The Morgan fingerprint density at radius 1 is 1.44 bits per heavy atom. The van der Waals surface area contributed by atoms with E-state index in [1.54, 1.807) is 0 Å². The van der Waals surface area contributed by atoms with Gasteiger partial charge in [-0.25, -0.2) is 0 Å². The summed E-state index contributed by atoms with van der Waals surface area (Å²) >= 11 is 0. The van der Waals surface area contributed by atoms with Gasteiger partial charge in [0.05, 0.1) is 0 Å². The fourth-order valence-corrected chi connectivity index (χ4v) is 1.62. The smallest absolute Gasteiger partial charge is 0.320 e. The van der Waals surface area contributed by atoms with Crippen LogP contribution >= 0.6 is 13.5 Å². The zero-order valence-corrected chi connectivity index (χ0v) is 9.60. The molecular formula is C11H14N2O2S. The maximum absolute atomic E-state index is 10.6. The van der Waals surface area contributed by atoms with Crippen molar-refractivity contribution >= 4 is 30.4 Å². The van der Waals surface area contributed by atoms with Gasteiger partial charge in [-0.05, 0) is 11.6 Å². The first-order valence-corrected chi connectivity index (χ1v) is 4.72. The largest absolute Gasteiger partial charge is 0.480 e. The molecule has 2 aromatic rings. The highest BCUT2D eigenvalue weighted by Gasteiger charge is 2.14. The molecule has 4 N–H and O–H groups in total. The third kappa shape index (κ3) is 2.37. The molecule has 1 atom stereocenters. The third-order valence-electron chi connectivity index (χ3n) is 2.43. The van der Waals surface area contributed by atoms with Gasteiger partial charge in [-0.15, -0.1) is 0 Å². The average Bonchev–Trinajstić information content (AvgIpc) is 2.62. The van der Waals surface area contributed by atoms with Gasteiger partial charge in [-0.3, -0.25) is 4.79 Å². The number of aromatic amines is 1. The molecule has 5 heteroatoms. The molecule has 0 aliphatic carbocycles. The van der Waals surface area contributed by atoms with E-state index in [1.165, 1.54) is 0 Å². The summed E-state index contributed by atoms with van der Waals surface area (Å²) in [7, 11) is 0. The highest BCUT2D eigenvalue weighted by molar-refractivity contribution is 7.59. The van der Waals surface area contributed by atoms with Crippen molar-refractivity contribution in [1.29, 1.82) is 0 Å². The van der Waals surface area contributed by atoms with Crippen molar-refractivity contribution in [2.45, 2.75) is 12.5 Å². The first kappa shape index (κ1) is 12.6. The Morgan fingerprint density at radius 3 is 2.81 bits per heavy atom. The van der Waals surface area contributed by atoms with E-state index in [9.17, 15) is 4.79 Å². The molecule has 0 saturated carbocycles. The van der Waals surface area contributed by atoms with E-state index in [0.717, 1.165) is 16.5 Å². The van der Waals surface area contributed by atoms with Crippen molar-refractivity contribution in [3.05, 3.63) is 36.0 Å². The molecule has 1 aromatic carbocycles. The molecule has 86 valence electrons. The molecule has 0 aliphatic heterocycles. The number of para-hydroxylation sites is 1. The Balaban J connectivity index is 0.00000128. The normalized spacial score (nSPS) is 12.1. The molecule has 4 nitrogen and oxygen atoms in total. The van der Waals surface area contributed by atoms with Crippen molar-refractivity contribution in [2.75, 3.05) is 0 Å². The van der Waals surface area contributed by atoms with Crippen molar-refractivity contribution in [3.63, 3.8) is 0 Å². The standard InChI is InChI=1S/C11H12N2O2.H2S/c12-9(11(14)15)5-7-6-13-10-4-2-1-3-8(7)10;/h1-4,6,9,13H,5,12H2,(H,14,15);1H2. The molecule has 16 heavy (non-hydrogen) atoms. The summed E-state index contributed by atoms with van der Waals surface area (Å²) in [4.78, 5) is 13.7. The number of benzene rings is 1. The second kappa shape index (κ2) is 5.05. The minimum atomic E-state index is -0.972. The van der Waals surface area contributed by atoms with Gasteiger partial charge in [0, 0.05) is 23.5 Å². The van der Waals surface area contributed by atoms with E-state index in [1.807, 2.05) is 30.5 Å². The molecule has 0 saturated heterocycles. The van der Waals surface area contributed by atoms with Gasteiger partial charge in [0.25, 0.3) is 0 Å². The van der Waals surface area contributed by atoms with Crippen LogP contribution in [-0.2, 0) is 11.2 Å². The number of H-pyrrole nitrogens is 1. The summed E-state index contributed by atoms with van der Waals surface area (Å²) in [6.45, 7) is 0. The van der Waals surface area contributed by atoms with Crippen molar-refractivity contribution in [2.24, 2.45) is 5.73 Å². The van der Waals surface area contributed by atoms with E-state index in [4.69, 9.17) is 10.8 Å². The predicted octanol–water partition coefficient (Wildman–Crippen LogP) is 1.24. The molecule has 1 aromatic heterocycles. The SMILES string of the molecule is NC(Cc1c[nH]c2ccccc12)C(=O)O.S. The van der Waals surface area contributed by atoms with Crippen molar-refractivity contribution in [3.8, 4) is 0 Å². The summed E-state index contributed by atoms with van der Waals surface area (Å²) in [5.74, 6) is -0.972. The molecule has 0 amide bonds. The van der Waals surface area contributed by atoms with Crippen molar-refractivity contribution < 1.29 is 9.90 Å². The Hall–Kier alpha value is -1.46. The number of hydrogen-bond donors (Lipinski definition) is 3. The lowest BCUT2D eigenvalue weighted by molar-refractivity contribution is -0.138. The minimum Gasteiger partial charge on any atom is -0.480 e. The van der Waals surface area contributed by atoms with Crippen LogP contribution in [0.1, 0.15) is 5.56 Å². The number of carbonyl (C=O) groups is 1. The van der Waals surface area contributed by atoms with Crippen LogP contribution in [0.15, 0.2) is 30.5 Å². The number of nitrogens with one attached hydrogen (secondary N) is 1. The number of nitrogens with two attached hydrogens (primary N) is 1. The maximum Gasteiger partial charge on any atom is 0.320 e. The molecule has 2 rings (SSSR count). The number of hydrogen-bond acceptors (Lipinski definition) is 2. The topological polar surface area (TPSA) is 79.1 Å². The number of aliphatic carboxylic acids is 1. The molecule has 0 spiro atoms. The van der Waals surface area contributed by atoms with Crippen molar-refractivity contribution in [1.82, 2.24) is 4.98 Å². The lowest BCUT2D eigenvalue weighted by Gasteiger charge is -2.04. The minimum absolute atomic E-state index is 0. The molecule has 1 unspecified atom stereocenters. The van der Waals surface area contributed by atoms with Crippen LogP contribution < -0.4 is 5.73 Å². The van der Waals surface area contributed by atoms with Gasteiger partial charge in [0.1, 0.15) is 6.04 Å². The number of fused-ring (bicyclic) bond motifs is 1. The van der Waals surface area contributed by atoms with Crippen LogP contribution in [0.2, 0.25) is 0 Å². The summed E-state index contributed by atoms with van der Waals surface area (Å²) < 4.78 is 0. The van der Waals surface area contributed by atoms with E-state index in [-0.39, 0.29) is 13.5 Å². The van der Waals surface area contributed by atoms with Gasteiger partial charge < -0.3 is 15.8 Å². The van der Waals surface area contributed by atoms with Gasteiger partial charge in [0.2, 0.25) is 0 Å². The summed E-state index contributed by atoms with van der Waals surface area (Å²) in [5.41, 5.74) is 7.43. The predicted molar refractivity (Wildman–Crippen MR) is 68.0 cm³/mol. The van der Waals surface area contributed by atoms with E-state index in [0.29, 0.717) is 6.42 Å². The Bertz CT molecular complexity index is 495. The fraction of sp³-hybridized carbons (Fsp3) is 0.182. The van der Waals surface area contributed by atoms with Gasteiger partial charge in [-0.2, -0.15) is 13.5 Å². The van der Waals surface area contributed by atoms with Crippen LogP contribution in [0, 0.1) is 0 Å². The number of rotatable bonds is 3. The summed E-state index contributed by atoms with van der Waals surface area (Å²) in [5, 5.41) is 9.75. The Labute approximate surface area is 99.9 Å². The maximum atomic E-state index is 10.6. The zero-order valence-electron chi connectivity index (χ0n) is 8.60. The summed E-state index contributed by atoms with van der Waals surface area (Å²) in [6, 6.07) is 6.91. The highest BCUT2D eigenvalue weighted by Crippen LogP contribution is 2.18. The lowest BCUT2D eigenvalue weighted by atomic mass is 10.1. The first-order chi connectivity index (χ1) is 7.18. The molecule has 0 bridgehead atoms. The second-order valence-electron chi connectivity index (χ2n) is 3.51.